The van der Waals surface area contributed by atoms with Gasteiger partial charge in [-0.3, -0.25) is 0 Å². The van der Waals surface area contributed by atoms with Crippen LogP contribution in [0.4, 0.5) is 0 Å². The molecular formula is CH3N2O2+. The van der Waals surface area contributed by atoms with E-state index in [1.54, 1.807) is 0 Å². The molecule has 0 aliphatic heterocycles. The first kappa shape index (κ1) is 4.20. The van der Waals surface area contributed by atoms with E-state index in [4.69, 9.17) is 4.91 Å². The summed E-state index contributed by atoms with van der Waals surface area (Å²) in [5.74, 6) is 0. The highest BCUT2D eigenvalue weighted by atomic mass is 16.4. The summed E-state index contributed by atoms with van der Waals surface area (Å²) in [6, 6.07) is 0. The van der Waals surface area contributed by atoms with E-state index in [1.807, 2.05) is 5.29 Å². The Morgan fingerprint density at radius 3 is 2.00 bits per heavy atom. The lowest BCUT2D eigenvalue weighted by Crippen LogP contribution is -1.81. The van der Waals surface area contributed by atoms with E-state index in [-0.39, 0.29) is 4.87 Å². The van der Waals surface area contributed by atoms with Gasteiger partial charge in [-0.2, -0.15) is 0 Å². The lowest BCUT2D eigenvalue weighted by atomic mass is 11.5. The average molecular weight is 75.0 g/mol. The van der Waals surface area contributed by atoms with Crippen molar-refractivity contribution < 1.29 is 4.87 Å². The molecule has 0 amide bonds. The van der Waals surface area contributed by atoms with E-state index in [2.05, 4.69) is 0 Å². The second kappa shape index (κ2) is 1.51. The van der Waals surface area contributed by atoms with E-state index in [9.17, 15) is 4.91 Å². The summed E-state index contributed by atoms with van der Waals surface area (Å²) < 4.78 is 0. The van der Waals surface area contributed by atoms with Crippen molar-refractivity contribution in [3.63, 3.8) is 0 Å². The van der Waals surface area contributed by atoms with Gasteiger partial charge in [-0.05, 0) is 0 Å². The third kappa shape index (κ3) is 3.20. The van der Waals surface area contributed by atoms with Gasteiger partial charge < -0.3 is 0 Å². The Morgan fingerprint density at radius 1 is 1.80 bits per heavy atom. The van der Waals surface area contributed by atoms with Crippen LogP contribution in [0.3, 0.4) is 0 Å². The molecule has 0 aliphatic rings. The highest BCUT2D eigenvalue weighted by molar-refractivity contribution is 3.91. The summed E-state index contributed by atoms with van der Waals surface area (Å²) in [6.07, 6.45) is 0. The number of hydrogen-bond donors (Lipinski definition) is 0. The summed E-state index contributed by atoms with van der Waals surface area (Å²) in [5, 5.41) is 1.92. The maximum absolute atomic E-state index is 9.25. The predicted octanol–water partition coefficient (Wildman–Crippen LogP) is 0.0765. The minimum Gasteiger partial charge on any atom is -0.0767 e. The van der Waals surface area contributed by atoms with Crippen molar-refractivity contribution in [2.45, 2.75) is 0 Å². The largest absolute Gasteiger partial charge is 0.290 e. The first-order valence-corrected chi connectivity index (χ1v) is 1.01. The van der Waals surface area contributed by atoms with Gasteiger partial charge in [0.15, 0.2) is 4.87 Å². The summed E-state index contributed by atoms with van der Waals surface area (Å²) in [6.45, 7) is 0. The fourth-order valence-corrected chi connectivity index (χ4v) is 0. The Bertz CT molecular complexity index is 58.7. The second-order valence-electron chi connectivity index (χ2n) is 0.546. The standard InChI is InChI=1S/CH3N2O2/c1-3(5)2-4/h1H3/q+1. The molecule has 0 fully saturated rings. The molecule has 0 rings (SSSR count). The average Bonchev–Trinajstić information content (AvgIpc) is 1.38. The molecule has 0 atom stereocenters. The van der Waals surface area contributed by atoms with E-state index < -0.39 is 0 Å². The first-order valence-electron chi connectivity index (χ1n) is 1.01. The van der Waals surface area contributed by atoms with Crippen molar-refractivity contribution in [2.75, 3.05) is 7.05 Å². The van der Waals surface area contributed by atoms with Gasteiger partial charge >= 0.3 is 0 Å². The van der Waals surface area contributed by atoms with Crippen LogP contribution >= 0.6 is 0 Å². The molecule has 0 N–H and O–H groups in total. The Morgan fingerprint density at radius 2 is 2.00 bits per heavy atom. The van der Waals surface area contributed by atoms with E-state index in [1.165, 1.54) is 0 Å². The van der Waals surface area contributed by atoms with Gasteiger partial charge in [-0.15, -0.1) is 0 Å². The fourth-order valence-electron chi connectivity index (χ4n) is 0. The molecule has 0 saturated heterocycles. The van der Waals surface area contributed by atoms with Crippen LogP contribution in [0.2, 0.25) is 0 Å². The highest BCUT2D eigenvalue weighted by Gasteiger charge is 1.85. The van der Waals surface area contributed by atoms with Crippen molar-refractivity contribution >= 4 is 0 Å². The molecule has 0 saturated carbocycles. The molecule has 0 aliphatic carbocycles. The van der Waals surface area contributed by atoms with Crippen LogP contribution in [0.5, 0.6) is 0 Å². The zero-order valence-corrected chi connectivity index (χ0v) is 2.71. The topological polar surface area (TPSA) is 49.5 Å². The second-order valence-corrected chi connectivity index (χ2v) is 0.546. The van der Waals surface area contributed by atoms with Crippen LogP contribution < -0.4 is 0 Å². The fraction of sp³-hybridized carbons (Fsp3) is 1.00. The van der Waals surface area contributed by atoms with Crippen molar-refractivity contribution in [1.82, 2.24) is 0 Å². The van der Waals surface area contributed by atoms with Gasteiger partial charge in [0.25, 0.3) is 5.29 Å². The van der Waals surface area contributed by atoms with Gasteiger partial charge in [-0.25, -0.2) is 0 Å². The summed E-state index contributed by atoms with van der Waals surface area (Å²) in [7, 11) is 1.02. The van der Waals surface area contributed by atoms with Crippen LogP contribution in [0.25, 0.3) is 0 Å². The quantitative estimate of drug-likeness (QED) is 0.251. The Labute approximate surface area is 28.3 Å². The number of nitroso groups, excluding NO2 is 2. The molecule has 0 radical (unpaired) electrons. The van der Waals surface area contributed by atoms with Gasteiger partial charge in [0, 0.05) is 0 Å². The van der Waals surface area contributed by atoms with E-state index >= 15 is 0 Å². The van der Waals surface area contributed by atoms with Gasteiger partial charge in [0.2, 0.25) is 7.05 Å². The van der Waals surface area contributed by atoms with Crippen LogP contribution in [0.1, 0.15) is 0 Å². The third-order valence-corrected chi connectivity index (χ3v) is 0.115. The number of hydrogen-bond acceptors (Lipinski definition) is 2. The molecule has 28 valence electrons. The zero-order chi connectivity index (χ0) is 4.28. The molecule has 4 nitrogen and oxygen atoms in total. The number of nitrogens with zero attached hydrogens (tertiary/aromatic N) is 2. The van der Waals surface area contributed by atoms with Crippen molar-refractivity contribution in [1.29, 1.82) is 0 Å². The molecule has 0 spiro atoms. The van der Waals surface area contributed by atoms with Gasteiger partial charge in [-0.1, -0.05) is 4.91 Å². The highest BCUT2D eigenvalue weighted by Crippen LogP contribution is 1.54. The molecule has 4 heteroatoms. The summed E-state index contributed by atoms with van der Waals surface area (Å²) in [5.41, 5.74) is 0. The monoisotopic (exact) mass is 75.0 g/mol. The molecule has 0 aromatic rings. The van der Waals surface area contributed by atoms with Gasteiger partial charge in [0.1, 0.15) is 0 Å². The summed E-state index contributed by atoms with van der Waals surface area (Å²) in [4.78, 5) is 18.1. The lowest BCUT2D eigenvalue weighted by Gasteiger charge is -1.46. The first-order chi connectivity index (χ1) is 2.27. The Hall–Kier alpha value is -0.800. The summed E-state index contributed by atoms with van der Waals surface area (Å²) >= 11 is 0. The minimum absolute atomic E-state index is 0.0556. The number of rotatable bonds is 1. The molecule has 0 bridgehead atoms. The minimum atomic E-state index is -0.0556. The zero-order valence-electron chi connectivity index (χ0n) is 2.71. The molecule has 0 unspecified atom stereocenters. The van der Waals surface area contributed by atoms with Crippen LogP contribution in [-0.4, -0.2) is 11.9 Å². The molecule has 0 aromatic carbocycles. The van der Waals surface area contributed by atoms with Crippen LogP contribution in [0.15, 0.2) is 5.29 Å². The van der Waals surface area contributed by atoms with E-state index in [0.29, 0.717) is 0 Å². The Kier molecular flexibility index (Phi) is 1.27. The Balaban J connectivity index is 3.20. The molecule has 0 aromatic heterocycles. The third-order valence-electron chi connectivity index (χ3n) is 0.115. The smallest absolute Gasteiger partial charge is 0.0767 e. The van der Waals surface area contributed by atoms with E-state index in [0.717, 1.165) is 7.05 Å². The molecule has 0 heterocycles. The normalized spacial score (nSPS) is 6.60. The molecular weight excluding hydrogens is 72.0 g/mol. The lowest BCUT2D eigenvalue weighted by molar-refractivity contribution is -0.526. The van der Waals surface area contributed by atoms with Crippen LogP contribution in [-0.2, 0) is 0 Å². The SMILES string of the molecule is C[N+](=O)N=O. The van der Waals surface area contributed by atoms with Crippen molar-refractivity contribution in [3.8, 4) is 0 Å². The van der Waals surface area contributed by atoms with Crippen molar-refractivity contribution in [2.24, 2.45) is 5.29 Å². The van der Waals surface area contributed by atoms with Gasteiger partial charge in [0.05, 0.1) is 4.91 Å². The predicted molar refractivity (Wildman–Crippen MR) is 15.3 cm³/mol. The molecule has 5 heavy (non-hydrogen) atoms. The van der Waals surface area contributed by atoms with Crippen molar-refractivity contribution in [3.05, 3.63) is 9.81 Å². The maximum Gasteiger partial charge on any atom is 0.290 e. The van der Waals surface area contributed by atoms with Crippen LogP contribution in [0, 0.1) is 9.81 Å². The maximum atomic E-state index is 9.25.